The van der Waals surface area contributed by atoms with Crippen LogP contribution in [-0.4, -0.2) is 10.7 Å². The molecule has 1 fully saturated rings. The highest BCUT2D eigenvalue weighted by Crippen LogP contribution is 2.30. The molecule has 1 aromatic carbocycles. The molecule has 0 spiro atoms. The van der Waals surface area contributed by atoms with Crippen LogP contribution in [0.3, 0.4) is 0 Å². The van der Waals surface area contributed by atoms with Gasteiger partial charge in [0, 0.05) is 12.0 Å². The monoisotopic (exact) mass is 217 g/mol. The first-order chi connectivity index (χ1) is 7.68. The molecular weight excluding hydrogens is 206 g/mol. The summed E-state index contributed by atoms with van der Waals surface area (Å²) < 4.78 is 0. The van der Waals surface area contributed by atoms with Crippen LogP contribution in [0.2, 0.25) is 0 Å². The Morgan fingerprint density at radius 2 is 2.06 bits per heavy atom. The fourth-order valence-corrected chi connectivity index (χ4v) is 1.47. The molecule has 0 saturated heterocycles. The molecule has 0 aliphatic heterocycles. The third-order valence-corrected chi connectivity index (χ3v) is 2.54. The van der Waals surface area contributed by atoms with E-state index in [-0.39, 0.29) is 17.4 Å². The van der Waals surface area contributed by atoms with Crippen LogP contribution in [0.5, 0.6) is 0 Å². The molecular formula is C12H11NO3. The number of nitrogens with zero attached hydrogens (tertiary/aromatic N) is 1. The predicted octanol–water partition coefficient (Wildman–Crippen LogP) is 2.59. The molecule has 0 atom stereocenters. The van der Waals surface area contributed by atoms with Crippen molar-refractivity contribution in [1.29, 1.82) is 0 Å². The number of allylic oxidation sites excluding steroid dienone is 1. The van der Waals surface area contributed by atoms with Gasteiger partial charge < -0.3 is 0 Å². The van der Waals surface area contributed by atoms with Crippen LogP contribution in [0.15, 0.2) is 30.3 Å². The fraction of sp³-hybridized carbons (Fsp3) is 0.250. The summed E-state index contributed by atoms with van der Waals surface area (Å²) in [6, 6.07) is 6.39. The first-order valence-electron chi connectivity index (χ1n) is 5.14. The highest BCUT2D eigenvalue weighted by Gasteiger charge is 2.27. The van der Waals surface area contributed by atoms with E-state index in [0.29, 0.717) is 5.56 Å². The lowest BCUT2D eigenvalue weighted by atomic mass is 10.1. The zero-order valence-corrected chi connectivity index (χ0v) is 8.63. The Morgan fingerprint density at radius 3 is 2.69 bits per heavy atom. The Kier molecular flexibility index (Phi) is 2.81. The molecule has 0 bridgehead atoms. The fourth-order valence-electron chi connectivity index (χ4n) is 1.47. The molecule has 82 valence electrons. The van der Waals surface area contributed by atoms with Gasteiger partial charge in [0.25, 0.3) is 5.69 Å². The van der Waals surface area contributed by atoms with Crippen LogP contribution in [0, 0.1) is 16.0 Å². The van der Waals surface area contributed by atoms with E-state index < -0.39 is 4.92 Å². The summed E-state index contributed by atoms with van der Waals surface area (Å²) >= 11 is 0. The summed E-state index contributed by atoms with van der Waals surface area (Å²) in [7, 11) is 0. The molecule has 0 radical (unpaired) electrons. The van der Waals surface area contributed by atoms with Crippen molar-refractivity contribution < 1.29 is 9.72 Å². The van der Waals surface area contributed by atoms with Gasteiger partial charge in [-0.2, -0.15) is 0 Å². The molecule has 1 aliphatic rings. The Labute approximate surface area is 92.7 Å². The first-order valence-corrected chi connectivity index (χ1v) is 5.14. The molecule has 0 N–H and O–H groups in total. The maximum absolute atomic E-state index is 11.4. The van der Waals surface area contributed by atoms with Crippen molar-refractivity contribution >= 4 is 17.5 Å². The number of carbonyl (C=O) groups is 1. The Morgan fingerprint density at radius 1 is 1.38 bits per heavy atom. The summed E-state index contributed by atoms with van der Waals surface area (Å²) in [6.07, 6.45) is 4.86. The third-order valence-electron chi connectivity index (χ3n) is 2.54. The second-order valence-electron chi connectivity index (χ2n) is 3.83. The van der Waals surface area contributed by atoms with Gasteiger partial charge in [-0.1, -0.05) is 12.1 Å². The number of nitro groups is 1. The van der Waals surface area contributed by atoms with E-state index in [0.717, 1.165) is 12.8 Å². The lowest BCUT2D eigenvalue weighted by Crippen LogP contribution is -1.95. The number of rotatable bonds is 4. The van der Waals surface area contributed by atoms with Crippen LogP contribution in [0.1, 0.15) is 18.4 Å². The van der Waals surface area contributed by atoms with Crippen molar-refractivity contribution in [3.63, 3.8) is 0 Å². The van der Waals surface area contributed by atoms with E-state index in [9.17, 15) is 14.9 Å². The Bertz CT molecular complexity index is 461. The topological polar surface area (TPSA) is 60.2 Å². The summed E-state index contributed by atoms with van der Waals surface area (Å²) in [5.41, 5.74) is 0.504. The Balaban J connectivity index is 2.19. The third kappa shape index (κ3) is 2.34. The quantitative estimate of drug-likeness (QED) is 0.442. The summed E-state index contributed by atoms with van der Waals surface area (Å²) in [4.78, 5) is 21.7. The number of benzene rings is 1. The van der Waals surface area contributed by atoms with Crippen molar-refractivity contribution in [2.75, 3.05) is 0 Å². The van der Waals surface area contributed by atoms with Gasteiger partial charge in [0.05, 0.1) is 10.5 Å². The minimum absolute atomic E-state index is 0.0300. The first kappa shape index (κ1) is 10.5. The van der Waals surface area contributed by atoms with E-state index in [2.05, 4.69) is 0 Å². The maximum atomic E-state index is 11.4. The predicted molar refractivity (Wildman–Crippen MR) is 59.9 cm³/mol. The number of carbonyl (C=O) groups excluding carboxylic acids is 1. The van der Waals surface area contributed by atoms with Gasteiger partial charge in [-0.15, -0.1) is 0 Å². The molecule has 4 heteroatoms. The van der Waals surface area contributed by atoms with Gasteiger partial charge in [-0.05, 0) is 31.1 Å². The average Bonchev–Trinajstić information content (AvgIpc) is 3.10. The van der Waals surface area contributed by atoms with E-state index in [1.807, 2.05) is 0 Å². The normalized spacial score (nSPS) is 15.2. The minimum atomic E-state index is -0.443. The number of hydrogen-bond donors (Lipinski definition) is 0. The van der Waals surface area contributed by atoms with Crippen molar-refractivity contribution in [1.82, 2.24) is 0 Å². The van der Waals surface area contributed by atoms with Gasteiger partial charge in [0.15, 0.2) is 5.78 Å². The van der Waals surface area contributed by atoms with E-state index in [4.69, 9.17) is 0 Å². The van der Waals surface area contributed by atoms with Gasteiger partial charge in [-0.25, -0.2) is 0 Å². The van der Waals surface area contributed by atoms with E-state index in [1.165, 1.54) is 18.2 Å². The van der Waals surface area contributed by atoms with Gasteiger partial charge in [-0.3, -0.25) is 14.9 Å². The van der Waals surface area contributed by atoms with Gasteiger partial charge in [0.1, 0.15) is 0 Å². The van der Waals surface area contributed by atoms with Crippen LogP contribution in [0.4, 0.5) is 5.69 Å². The molecule has 4 nitrogen and oxygen atoms in total. The molecule has 0 amide bonds. The molecule has 0 aromatic heterocycles. The highest BCUT2D eigenvalue weighted by molar-refractivity contribution is 5.97. The van der Waals surface area contributed by atoms with Gasteiger partial charge >= 0.3 is 0 Å². The molecule has 0 heterocycles. The van der Waals surface area contributed by atoms with Crippen LogP contribution < -0.4 is 0 Å². The average molecular weight is 217 g/mol. The molecule has 2 rings (SSSR count). The summed E-state index contributed by atoms with van der Waals surface area (Å²) in [5, 5.41) is 10.7. The highest BCUT2D eigenvalue weighted by atomic mass is 16.6. The SMILES string of the molecule is O=C(/C=C/c1ccccc1[N+](=O)[O-])C1CC1. The van der Waals surface area contributed by atoms with E-state index in [1.54, 1.807) is 18.2 Å². The second-order valence-corrected chi connectivity index (χ2v) is 3.83. The largest absolute Gasteiger partial charge is 0.295 e. The lowest BCUT2D eigenvalue weighted by molar-refractivity contribution is -0.385. The molecule has 1 aliphatic carbocycles. The molecule has 16 heavy (non-hydrogen) atoms. The number of para-hydroxylation sites is 1. The zero-order valence-electron chi connectivity index (χ0n) is 8.63. The minimum Gasteiger partial charge on any atom is -0.295 e. The molecule has 0 unspecified atom stereocenters. The summed E-state index contributed by atoms with van der Waals surface area (Å²) in [5.74, 6) is 0.220. The lowest BCUT2D eigenvalue weighted by Gasteiger charge is -1.95. The van der Waals surface area contributed by atoms with Crippen LogP contribution in [-0.2, 0) is 4.79 Å². The van der Waals surface area contributed by atoms with Crippen molar-refractivity contribution in [3.8, 4) is 0 Å². The van der Waals surface area contributed by atoms with Gasteiger partial charge in [0.2, 0.25) is 0 Å². The summed E-state index contributed by atoms with van der Waals surface area (Å²) in [6.45, 7) is 0. The molecule has 1 aromatic rings. The van der Waals surface area contributed by atoms with Crippen LogP contribution >= 0.6 is 0 Å². The van der Waals surface area contributed by atoms with Crippen molar-refractivity contribution in [2.24, 2.45) is 5.92 Å². The standard InChI is InChI=1S/C12H11NO3/c14-12(10-5-6-10)8-7-9-3-1-2-4-11(9)13(15)16/h1-4,7-8,10H,5-6H2/b8-7+. The van der Waals surface area contributed by atoms with Crippen molar-refractivity contribution in [2.45, 2.75) is 12.8 Å². The van der Waals surface area contributed by atoms with E-state index >= 15 is 0 Å². The molecule has 1 saturated carbocycles. The maximum Gasteiger partial charge on any atom is 0.276 e. The smallest absolute Gasteiger partial charge is 0.276 e. The number of ketones is 1. The zero-order chi connectivity index (χ0) is 11.5. The van der Waals surface area contributed by atoms with Crippen molar-refractivity contribution in [3.05, 3.63) is 46.0 Å². The second kappa shape index (κ2) is 4.26. The number of nitro benzene ring substituents is 1. The van der Waals surface area contributed by atoms with Crippen LogP contribution in [0.25, 0.3) is 6.08 Å². The number of hydrogen-bond acceptors (Lipinski definition) is 3. The Hall–Kier alpha value is -1.97.